The summed E-state index contributed by atoms with van der Waals surface area (Å²) in [5, 5.41) is 0.783. The van der Waals surface area contributed by atoms with Crippen LogP contribution in [-0.2, 0) is 11.3 Å². The molecule has 0 saturated carbocycles. The van der Waals surface area contributed by atoms with E-state index in [0.29, 0.717) is 12.2 Å². The molecular weight excluding hydrogens is 408 g/mol. The predicted molar refractivity (Wildman–Crippen MR) is 127 cm³/mol. The molecule has 0 unspecified atom stereocenters. The molecule has 0 radical (unpaired) electrons. The summed E-state index contributed by atoms with van der Waals surface area (Å²) in [6, 6.07) is 24.2. The van der Waals surface area contributed by atoms with E-state index in [-0.39, 0.29) is 5.97 Å². The first-order chi connectivity index (χ1) is 15.2. The fraction of sp³-hybridized carbons (Fsp3) is 0.269. The SMILES string of the molecule is CCOC(=O)c1ccc(N2CCN(Cc3ccccc3-c3ccccc3Cl)CC2)cc1. The molecule has 3 aromatic carbocycles. The number of nitrogens with zero attached hydrogens (tertiary/aromatic N) is 2. The summed E-state index contributed by atoms with van der Waals surface area (Å²) >= 11 is 6.46. The number of benzene rings is 3. The maximum Gasteiger partial charge on any atom is 0.338 e. The molecule has 1 aliphatic heterocycles. The first kappa shape index (κ1) is 21.4. The molecular formula is C26H27ClN2O2. The van der Waals surface area contributed by atoms with E-state index in [1.54, 1.807) is 0 Å². The van der Waals surface area contributed by atoms with E-state index in [0.717, 1.165) is 49.0 Å². The van der Waals surface area contributed by atoms with Crippen molar-refractivity contribution in [3.63, 3.8) is 0 Å². The molecule has 0 bridgehead atoms. The van der Waals surface area contributed by atoms with Gasteiger partial charge in [-0.05, 0) is 48.4 Å². The predicted octanol–water partition coefficient (Wildman–Crippen LogP) is 5.51. The van der Waals surface area contributed by atoms with Crippen LogP contribution in [0.15, 0.2) is 72.8 Å². The standard InChI is InChI=1S/C26H27ClN2O2/c1-2-31-26(30)20-11-13-22(14-12-20)29-17-15-28(16-18-29)19-21-7-3-4-8-23(21)24-9-5-6-10-25(24)27/h3-14H,2,15-19H2,1H3. The molecule has 0 N–H and O–H groups in total. The minimum Gasteiger partial charge on any atom is -0.462 e. The fourth-order valence-electron chi connectivity index (χ4n) is 4.03. The van der Waals surface area contributed by atoms with E-state index < -0.39 is 0 Å². The van der Waals surface area contributed by atoms with Gasteiger partial charge >= 0.3 is 5.97 Å². The number of ether oxygens (including phenoxy) is 1. The second kappa shape index (κ2) is 9.99. The molecule has 4 rings (SSSR count). The number of hydrogen-bond acceptors (Lipinski definition) is 4. The summed E-state index contributed by atoms with van der Waals surface area (Å²) in [7, 11) is 0. The van der Waals surface area contributed by atoms with Gasteiger partial charge in [-0.1, -0.05) is 54.1 Å². The van der Waals surface area contributed by atoms with Crippen molar-refractivity contribution in [2.24, 2.45) is 0 Å². The Morgan fingerprint density at radius 2 is 1.52 bits per heavy atom. The van der Waals surface area contributed by atoms with Crippen LogP contribution in [0.5, 0.6) is 0 Å². The Labute approximate surface area is 189 Å². The van der Waals surface area contributed by atoms with Gasteiger partial charge in [-0.15, -0.1) is 0 Å². The Morgan fingerprint density at radius 3 is 2.19 bits per heavy atom. The van der Waals surface area contributed by atoms with Gasteiger partial charge in [0.25, 0.3) is 0 Å². The second-order valence-corrected chi connectivity index (χ2v) is 8.07. The van der Waals surface area contributed by atoms with Crippen molar-refractivity contribution >= 4 is 23.3 Å². The first-order valence-corrected chi connectivity index (χ1v) is 11.1. The molecule has 4 nitrogen and oxygen atoms in total. The largest absolute Gasteiger partial charge is 0.462 e. The van der Waals surface area contributed by atoms with Crippen LogP contribution in [0, 0.1) is 0 Å². The van der Waals surface area contributed by atoms with E-state index in [1.165, 1.54) is 11.1 Å². The molecule has 0 amide bonds. The summed E-state index contributed by atoms with van der Waals surface area (Å²) in [5.74, 6) is -0.268. The Hall–Kier alpha value is -2.82. The molecule has 5 heteroatoms. The summed E-state index contributed by atoms with van der Waals surface area (Å²) in [6.45, 7) is 6.98. The van der Waals surface area contributed by atoms with Crippen LogP contribution in [0.1, 0.15) is 22.8 Å². The topological polar surface area (TPSA) is 32.8 Å². The summed E-state index contributed by atoms with van der Waals surface area (Å²) in [5.41, 5.74) is 5.32. The van der Waals surface area contributed by atoms with Gasteiger partial charge in [0.1, 0.15) is 0 Å². The molecule has 1 aliphatic rings. The molecule has 0 aliphatic carbocycles. The number of anilines is 1. The molecule has 0 atom stereocenters. The van der Waals surface area contributed by atoms with Gasteiger partial charge in [0, 0.05) is 49.0 Å². The van der Waals surface area contributed by atoms with Crippen molar-refractivity contribution in [1.82, 2.24) is 4.90 Å². The third-order valence-electron chi connectivity index (χ3n) is 5.69. The Balaban J connectivity index is 1.39. The van der Waals surface area contributed by atoms with E-state index in [1.807, 2.05) is 49.4 Å². The average Bonchev–Trinajstić information content (AvgIpc) is 2.81. The van der Waals surface area contributed by atoms with Crippen molar-refractivity contribution < 1.29 is 9.53 Å². The fourth-order valence-corrected chi connectivity index (χ4v) is 4.27. The number of carbonyl (C=O) groups is 1. The normalized spacial score (nSPS) is 14.5. The van der Waals surface area contributed by atoms with E-state index in [9.17, 15) is 4.79 Å². The van der Waals surface area contributed by atoms with Gasteiger partial charge < -0.3 is 9.64 Å². The van der Waals surface area contributed by atoms with Gasteiger partial charge in [-0.2, -0.15) is 0 Å². The van der Waals surface area contributed by atoms with Crippen LogP contribution in [-0.4, -0.2) is 43.7 Å². The maximum absolute atomic E-state index is 11.8. The van der Waals surface area contributed by atoms with Gasteiger partial charge in [0.05, 0.1) is 12.2 Å². The Bertz CT molecular complexity index is 1030. The molecule has 31 heavy (non-hydrogen) atoms. The van der Waals surface area contributed by atoms with Crippen molar-refractivity contribution in [3.8, 4) is 11.1 Å². The van der Waals surface area contributed by atoms with Gasteiger partial charge in [-0.3, -0.25) is 4.90 Å². The molecule has 1 fully saturated rings. The number of hydrogen-bond donors (Lipinski definition) is 0. The van der Waals surface area contributed by atoms with Crippen molar-refractivity contribution in [3.05, 3.63) is 88.9 Å². The van der Waals surface area contributed by atoms with Gasteiger partial charge in [-0.25, -0.2) is 4.79 Å². The van der Waals surface area contributed by atoms with Crippen LogP contribution < -0.4 is 4.90 Å². The zero-order valence-electron chi connectivity index (χ0n) is 17.8. The average molecular weight is 435 g/mol. The van der Waals surface area contributed by atoms with Gasteiger partial charge in [0.2, 0.25) is 0 Å². The third-order valence-corrected chi connectivity index (χ3v) is 6.02. The van der Waals surface area contributed by atoms with Crippen molar-refractivity contribution in [2.45, 2.75) is 13.5 Å². The highest BCUT2D eigenvalue weighted by Gasteiger charge is 2.19. The quantitative estimate of drug-likeness (QED) is 0.479. The Morgan fingerprint density at radius 1 is 0.871 bits per heavy atom. The lowest BCUT2D eigenvalue weighted by atomic mass is 9.99. The molecule has 0 aromatic heterocycles. The number of piperazine rings is 1. The number of esters is 1. The summed E-state index contributed by atoms with van der Waals surface area (Å²) in [4.78, 5) is 16.7. The molecule has 160 valence electrons. The molecule has 3 aromatic rings. The lowest BCUT2D eigenvalue weighted by Gasteiger charge is -2.36. The summed E-state index contributed by atoms with van der Waals surface area (Å²) < 4.78 is 5.07. The molecule has 1 heterocycles. The zero-order valence-corrected chi connectivity index (χ0v) is 18.5. The third kappa shape index (κ3) is 5.09. The minimum atomic E-state index is -0.268. The Kier molecular flexibility index (Phi) is 6.90. The van der Waals surface area contributed by atoms with E-state index in [2.05, 4.69) is 40.1 Å². The highest BCUT2D eigenvalue weighted by Crippen LogP contribution is 2.31. The number of rotatable bonds is 6. The highest BCUT2D eigenvalue weighted by atomic mass is 35.5. The van der Waals surface area contributed by atoms with Crippen LogP contribution >= 0.6 is 11.6 Å². The highest BCUT2D eigenvalue weighted by molar-refractivity contribution is 6.33. The molecule has 0 spiro atoms. The molecule has 1 saturated heterocycles. The number of halogens is 1. The minimum absolute atomic E-state index is 0.268. The number of carbonyl (C=O) groups excluding carboxylic acids is 1. The van der Waals surface area contributed by atoms with Crippen molar-refractivity contribution in [1.29, 1.82) is 0 Å². The van der Waals surface area contributed by atoms with Gasteiger partial charge in [0.15, 0.2) is 0 Å². The zero-order chi connectivity index (χ0) is 21.6. The van der Waals surface area contributed by atoms with Crippen LogP contribution in [0.2, 0.25) is 5.02 Å². The lowest BCUT2D eigenvalue weighted by molar-refractivity contribution is 0.0526. The van der Waals surface area contributed by atoms with Crippen LogP contribution in [0.4, 0.5) is 5.69 Å². The van der Waals surface area contributed by atoms with E-state index >= 15 is 0 Å². The first-order valence-electron chi connectivity index (χ1n) is 10.7. The smallest absolute Gasteiger partial charge is 0.338 e. The van der Waals surface area contributed by atoms with Crippen LogP contribution in [0.3, 0.4) is 0 Å². The summed E-state index contributed by atoms with van der Waals surface area (Å²) in [6.07, 6.45) is 0. The van der Waals surface area contributed by atoms with Crippen LogP contribution in [0.25, 0.3) is 11.1 Å². The maximum atomic E-state index is 11.8. The lowest BCUT2D eigenvalue weighted by Crippen LogP contribution is -2.46. The van der Waals surface area contributed by atoms with Crippen molar-refractivity contribution in [2.75, 3.05) is 37.7 Å². The second-order valence-electron chi connectivity index (χ2n) is 7.67. The van der Waals surface area contributed by atoms with E-state index in [4.69, 9.17) is 16.3 Å². The monoisotopic (exact) mass is 434 g/mol.